The standard InChI is InChI=1S/C18H21N3O2S/c1-22-15-6-4-5-14(13-15)19-18(24)20-16-7-2-3-8-17(16)21-9-11-23-12-10-21/h2-8,13H,9-12H2,1H3,(H2,19,20,24). The summed E-state index contributed by atoms with van der Waals surface area (Å²) in [4.78, 5) is 2.31. The lowest BCUT2D eigenvalue weighted by Gasteiger charge is -2.30. The molecule has 0 atom stereocenters. The van der Waals surface area contributed by atoms with Crippen LogP contribution in [0.15, 0.2) is 48.5 Å². The third-order valence-corrected chi connectivity index (χ3v) is 4.04. The van der Waals surface area contributed by atoms with Crippen LogP contribution in [0.1, 0.15) is 0 Å². The Kier molecular flexibility index (Phi) is 5.51. The van der Waals surface area contributed by atoms with E-state index in [4.69, 9.17) is 21.7 Å². The van der Waals surface area contributed by atoms with Crippen molar-refractivity contribution in [1.82, 2.24) is 0 Å². The fraction of sp³-hybridized carbons (Fsp3) is 0.278. The Morgan fingerprint density at radius 1 is 1.08 bits per heavy atom. The molecule has 1 aliphatic rings. The van der Waals surface area contributed by atoms with E-state index in [0.29, 0.717) is 5.11 Å². The van der Waals surface area contributed by atoms with Gasteiger partial charge in [0.2, 0.25) is 0 Å². The number of rotatable bonds is 4. The summed E-state index contributed by atoms with van der Waals surface area (Å²) in [5, 5.41) is 7.03. The molecule has 0 radical (unpaired) electrons. The van der Waals surface area contributed by atoms with E-state index in [0.717, 1.165) is 49.1 Å². The van der Waals surface area contributed by atoms with Crippen LogP contribution in [0.3, 0.4) is 0 Å². The van der Waals surface area contributed by atoms with E-state index in [1.807, 2.05) is 42.5 Å². The van der Waals surface area contributed by atoms with Crippen molar-refractivity contribution in [3.05, 3.63) is 48.5 Å². The van der Waals surface area contributed by atoms with Crippen LogP contribution in [0.25, 0.3) is 0 Å². The minimum atomic E-state index is 0.545. The van der Waals surface area contributed by atoms with Gasteiger partial charge in [-0.3, -0.25) is 0 Å². The Morgan fingerprint density at radius 2 is 1.88 bits per heavy atom. The normalized spacial score (nSPS) is 14.1. The van der Waals surface area contributed by atoms with Gasteiger partial charge >= 0.3 is 0 Å². The lowest BCUT2D eigenvalue weighted by atomic mass is 10.2. The SMILES string of the molecule is COc1cccc(NC(=S)Nc2ccccc2N2CCOCC2)c1. The van der Waals surface area contributed by atoms with Crippen molar-refractivity contribution in [2.75, 3.05) is 48.9 Å². The first kappa shape index (κ1) is 16.5. The average molecular weight is 343 g/mol. The van der Waals surface area contributed by atoms with Gasteiger partial charge in [-0.15, -0.1) is 0 Å². The van der Waals surface area contributed by atoms with Crippen LogP contribution in [-0.2, 0) is 4.74 Å². The van der Waals surface area contributed by atoms with Gasteiger partial charge in [0, 0.05) is 24.8 Å². The van der Waals surface area contributed by atoms with Gasteiger partial charge in [-0.25, -0.2) is 0 Å². The quantitative estimate of drug-likeness (QED) is 0.830. The van der Waals surface area contributed by atoms with Crippen molar-refractivity contribution in [1.29, 1.82) is 0 Å². The lowest BCUT2D eigenvalue weighted by molar-refractivity contribution is 0.123. The van der Waals surface area contributed by atoms with E-state index in [-0.39, 0.29) is 0 Å². The van der Waals surface area contributed by atoms with E-state index >= 15 is 0 Å². The minimum Gasteiger partial charge on any atom is -0.497 e. The number of para-hydroxylation sites is 2. The molecular formula is C18H21N3O2S. The van der Waals surface area contributed by atoms with Gasteiger partial charge in [0.1, 0.15) is 5.75 Å². The predicted molar refractivity (Wildman–Crippen MR) is 102 cm³/mol. The molecule has 2 aromatic rings. The molecule has 126 valence electrons. The van der Waals surface area contributed by atoms with Crippen LogP contribution in [0, 0.1) is 0 Å². The van der Waals surface area contributed by atoms with Crippen molar-refractivity contribution in [2.45, 2.75) is 0 Å². The molecule has 5 nitrogen and oxygen atoms in total. The molecular weight excluding hydrogens is 322 g/mol. The van der Waals surface area contributed by atoms with Crippen LogP contribution in [0.2, 0.25) is 0 Å². The number of hydrogen-bond donors (Lipinski definition) is 2. The number of ether oxygens (including phenoxy) is 2. The smallest absolute Gasteiger partial charge is 0.175 e. The second kappa shape index (κ2) is 7.99. The zero-order valence-corrected chi connectivity index (χ0v) is 14.4. The number of morpholine rings is 1. The van der Waals surface area contributed by atoms with Crippen molar-refractivity contribution in [2.24, 2.45) is 0 Å². The molecule has 24 heavy (non-hydrogen) atoms. The van der Waals surface area contributed by atoms with Crippen molar-refractivity contribution < 1.29 is 9.47 Å². The highest BCUT2D eigenvalue weighted by Gasteiger charge is 2.15. The molecule has 1 heterocycles. The molecule has 2 aromatic carbocycles. The third-order valence-electron chi connectivity index (χ3n) is 3.83. The molecule has 0 unspecified atom stereocenters. The molecule has 0 amide bonds. The average Bonchev–Trinajstić information content (AvgIpc) is 2.63. The van der Waals surface area contributed by atoms with Gasteiger partial charge in [-0.2, -0.15) is 0 Å². The summed E-state index contributed by atoms with van der Waals surface area (Å²) in [5.74, 6) is 0.788. The highest BCUT2D eigenvalue weighted by Crippen LogP contribution is 2.26. The van der Waals surface area contributed by atoms with Crippen LogP contribution in [-0.4, -0.2) is 38.5 Å². The number of benzene rings is 2. The maximum atomic E-state index is 5.45. The maximum absolute atomic E-state index is 5.45. The number of thiocarbonyl (C=S) groups is 1. The van der Waals surface area contributed by atoms with Gasteiger partial charge < -0.3 is 25.0 Å². The monoisotopic (exact) mass is 343 g/mol. The third kappa shape index (κ3) is 4.15. The number of hydrogen-bond acceptors (Lipinski definition) is 4. The fourth-order valence-electron chi connectivity index (χ4n) is 2.64. The van der Waals surface area contributed by atoms with Gasteiger partial charge in [0.15, 0.2) is 5.11 Å². The van der Waals surface area contributed by atoms with Gasteiger partial charge in [-0.05, 0) is 36.5 Å². The molecule has 0 aliphatic carbocycles. The second-order valence-corrected chi connectivity index (χ2v) is 5.84. The molecule has 0 spiro atoms. The lowest BCUT2D eigenvalue weighted by Crippen LogP contribution is -2.36. The summed E-state index contributed by atoms with van der Waals surface area (Å²) >= 11 is 5.45. The summed E-state index contributed by atoms with van der Waals surface area (Å²) in [6, 6.07) is 15.8. The van der Waals surface area contributed by atoms with Gasteiger partial charge in [-0.1, -0.05) is 18.2 Å². The van der Waals surface area contributed by atoms with Crippen molar-refractivity contribution in [3.8, 4) is 5.75 Å². The van der Waals surface area contributed by atoms with E-state index in [1.54, 1.807) is 7.11 Å². The summed E-state index contributed by atoms with van der Waals surface area (Å²) in [5.41, 5.74) is 3.01. The second-order valence-electron chi connectivity index (χ2n) is 5.43. The molecule has 1 fully saturated rings. The van der Waals surface area contributed by atoms with Gasteiger partial charge in [0.25, 0.3) is 0 Å². The number of anilines is 3. The highest BCUT2D eigenvalue weighted by atomic mass is 32.1. The Morgan fingerprint density at radius 3 is 2.67 bits per heavy atom. The summed E-state index contributed by atoms with van der Waals surface area (Å²) in [6.07, 6.45) is 0. The molecule has 3 rings (SSSR count). The van der Waals surface area contributed by atoms with Crippen molar-refractivity contribution in [3.63, 3.8) is 0 Å². The number of methoxy groups -OCH3 is 1. The van der Waals surface area contributed by atoms with Crippen LogP contribution in [0.4, 0.5) is 17.1 Å². The number of nitrogens with one attached hydrogen (secondary N) is 2. The Hall–Kier alpha value is -2.31. The summed E-state index contributed by atoms with van der Waals surface area (Å²) in [6.45, 7) is 3.27. The largest absolute Gasteiger partial charge is 0.497 e. The van der Waals surface area contributed by atoms with Crippen molar-refractivity contribution >= 4 is 34.4 Å². The molecule has 0 aromatic heterocycles. The van der Waals surface area contributed by atoms with Crippen LogP contribution in [0.5, 0.6) is 5.75 Å². The highest BCUT2D eigenvalue weighted by molar-refractivity contribution is 7.80. The minimum absolute atomic E-state index is 0.545. The number of nitrogens with zero attached hydrogens (tertiary/aromatic N) is 1. The first-order valence-electron chi connectivity index (χ1n) is 7.90. The molecule has 2 N–H and O–H groups in total. The Bertz CT molecular complexity index is 702. The molecule has 1 aliphatic heterocycles. The van der Waals surface area contributed by atoms with Crippen LogP contribution < -0.4 is 20.3 Å². The Balaban J connectivity index is 1.70. The summed E-state index contributed by atoms with van der Waals surface area (Å²) < 4.78 is 10.7. The first-order valence-corrected chi connectivity index (χ1v) is 8.31. The van der Waals surface area contributed by atoms with E-state index in [2.05, 4.69) is 21.6 Å². The Labute approximate surface area is 147 Å². The van der Waals surface area contributed by atoms with Gasteiger partial charge in [0.05, 0.1) is 31.7 Å². The summed E-state index contributed by atoms with van der Waals surface area (Å²) in [7, 11) is 1.65. The van der Waals surface area contributed by atoms with Crippen LogP contribution >= 0.6 is 12.2 Å². The zero-order valence-electron chi connectivity index (χ0n) is 13.6. The fourth-order valence-corrected chi connectivity index (χ4v) is 2.87. The van der Waals surface area contributed by atoms with E-state index < -0.39 is 0 Å². The molecule has 0 bridgehead atoms. The molecule has 1 saturated heterocycles. The first-order chi connectivity index (χ1) is 11.8. The van der Waals surface area contributed by atoms with E-state index in [1.165, 1.54) is 0 Å². The predicted octanol–water partition coefficient (Wildman–Crippen LogP) is 3.34. The van der Waals surface area contributed by atoms with E-state index in [9.17, 15) is 0 Å². The maximum Gasteiger partial charge on any atom is 0.175 e. The zero-order chi connectivity index (χ0) is 16.8. The topological polar surface area (TPSA) is 45.8 Å². The molecule has 0 saturated carbocycles. The molecule has 6 heteroatoms.